The first kappa shape index (κ1) is 20.8. The molecule has 0 atom stereocenters. The van der Waals surface area contributed by atoms with Crippen LogP contribution < -0.4 is 10.2 Å². The molecule has 0 aliphatic carbocycles. The summed E-state index contributed by atoms with van der Waals surface area (Å²) >= 11 is 14.7. The number of benzene rings is 2. The molecule has 0 unspecified atom stereocenters. The Labute approximate surface area is 181 Å². The number of rotatable bonds is 3. The largest absolute Gasteiger partial charge is 0.478 e. The molecule has 1 heterocycles. The summed E-state index contributed by atoms with van der Waals surface area (Å²) in [5.41, 5.74) is 2.16. The van der Waals surface area contributed by atoms with Gasteiger partial charge in [-0.3, -0.25) is 0 Å². The van der Waals surface area contributed by atoms with E-state index in [-0.39, 0.29) is 11.3 Å². The van der Waals surface area contributed by atoms with Gasteiger partial charge in [0, 0.05) is 36.3 Å². The minimum atomic E-state index is -1.28. The summed E-state index contributed by atoms with van der Waals surface area (Å²) in [6.07, 6.45) is 0. The first-order valence-corrected chi connectivity index (χ1v) is 10.1. The molecule has 0 saturated carbocycles. The molecule has 28 heavy (non-hydrogen) atoms. The molecule has 1 aliphatic heterocycles. The normalized spacial score (nSPS) is 14.1. The number of carbonyl (C=O) groups is 1. The number of aryl methyl sites for hydroxylation is 1. The third-order valence-corrected chi connectivity index (χ3v) is 5.84. The van der Waals surface area contributed by atoms with Crippen LogP contribution in [0.15, 0.2) is 34.8 Å². The maximum absolute atomic E-state index is 14.4. The summed E-state index contributed by atoms with van der Waals surface area (Å²) in [7, 11) is 0. The molecule has 0 radical (unpaired) electrons. The van der Waals surface area contributed by atoms with Gasteiger partial charge in [-0.05, 0) is 55.0 Å². The van der Waals surface area contributed by atoms with Crippen LogP contribution in [0.25, 0.3) is 0 Å². The SMILES string of the molecule is Cc1cc(Br)ccc1N1CCN(C(=S)Nc2ccc(C(=O)O)c(Cl)c2F)CC1. The van der Waals surface area contributed by atoms with Crippen molar-refractivity contribution < 1.29 is 14.3 Å². The Morgan fingerprint density at radius 2 is 1.93 bits per heavy atom. The van der Waals surface area contributed by atoms with Gasteiger partial charge in [-0.15, -0.1) is 0 Å². The summed E-state index contributed by atoms with van der Waals surface area (Å²) < 4.78 is 15.4. The molecular formula is C19H18BrClFN3O2S. The lowest BCUT2D eigenvalue weighted by Gasteiger charge is -2.38. The molecule has 0 spiro atoms. The molecule has 2 aromatic rings. The van der Waals surface area contributed by atoms with Crippen molar-refractivity contribution in [3.63, 3.8) is 0 Å². The van der Waals surface area contributed by atoms with E-state index in [9.17, 15) is 9.18 Å². The maximum atomic E-state index is 14.4. The molecule has 3 rings (SSSR count). The van der Waals surface area contributed by atoms with Gasteiger partial charge in [0.25, 0.3) is 0 Å². The van der Waals surface area contributed by atoms with Gasteiger partial charge in [0.1, 0.15) is 0 Å². The second-order valence-corrected chi connectivity index (χ2v) is 8.11. The van der Waals surface area contributed by atoms with E-state index in [2.05, 4.69) is 45.2 Å². The minimum absolute atomic E-state index is 0.0613. The van der Waals surface area contributed by atoms with Crippen molar-refractivity contribution in [2.24, 2.45) is 0 Å². The highest BCUT2D eigenvalue weighted by Crippen LogP contribution is 2.28. The Hall–Kier alpha value is -1.90. The quantitative estimate of drug-likeness (QED) is 0.610. The van der Waals surface area contributed by atoms with E-state index in [0.29, 0.717) is 18.2 Å². The number of anilines is 2. The van der Waals surface area contributed by atoms with Gasteiger partial charge in [-0.1, -0.05) is 27.5 Å². The summed E-state index contributed by atoms with van der Waals surface area (Å²) in [4.78, 5) is 15.3. The van der Waals surface area contributed by atoms with Gasteiger partial charge in [-0.25, -0.2) is 9.18 Å². The van der Waals surface area contributed by atoms with Crippen molar-refractivity contribution in [2.75, 3.05) is 36.4 Å². The maximum Gasteiger partial charge on any atom is 0.337 e. The monoisotopic (exact) mass is 485 g/mol. The zero-order valence-corrected chi connectivity index (χ0v) is 18.2. The molecule has 0 amide bonds. The number of halogens is 3. The fourth-order valence-corrected chi connectivity index (χ4v) is 4.14. The van der Waals surface area contributed by atoms with Crippen LogP contribution in [0.3, 0.4) is 0 Å². The van der Waals surface area contributed by atoms with Gasteiger partial charge in [0.15, 0.2) is 10.9 Å². The molecule has 0 bridgehead atoms. The number of carboxylic acid groups (broad SMARTS) is 1. The van der Waals surface area contributed by atoms with Crippen LogP contribution in [0.2, 0.25) is 5.02 Å². The number of piperazine rings is 1. The summed E-state index contributed by atoms with van der Waals surface area (Å²) in [5, 5.41) is 11.8. The third kappa shape index (κ3) is 4.39. The molecule has 1 aliphatic rings. The first-order chi connectivity index (χ1) is 13.3. The summed E-state index contributed by atoms with van der Waals surface area (Å²) in [6.45, 7) is 5.01. The van der Waals surface area contributed by atoms with Gasteiger partial charge >= 0.3 is 5.97 Å². The first-order valence-electron chi connectivity index (χ1n) is 8.56. The Balaban J connectivity index is 1.64. The van der Waals surface area contributed by atoms with Crippen molar-refractivity contribution in [1.82, 2.24) is 4.90 Å². The van der Waals surface area contributed by atoms with Gasteiger partial charge in [0.2, 0.25) is 0 Å². The van der Waals surface area contributed by atoms with Gasteiger partial charge in [0.05, 0.1) is 16.3 Å². The smallest absolute Gasteiger partial charge is 0.337 e. The zero-order chi connectivity index (χ0) is 20.4. The lowest BCUT2D eigenvalue weighted by Crippen LogP contribution is -2.50. The Morgan fingerprint density at radius 1 is 1.25 bits per heavy atom. The molecule has 1 fully saturated rings. The standard InChI is InChI=1S/C19H18BrClFN3O2S/c1-11-10-12(20)2-5-15(11)24-6-8-25(9-7-24)19(28)23-14-4-3-13(18(26)27)16(21)17(14)22/h2-5,10H,6-9H2,1H3,(H,23,28)(H,26,27). The van der Waals surface area contributed by atoms with Crippen LogP contribution >= 0.6 is 39.7 Å². The second-order valence-electron chi connectivity index (χ2n) is 6.43. The summed E-state index contributed by atoms with van der Waals surface area (Å²) in [5.74, 6) is -2.11. The van der Waals surface area contributed by atoms with E-state index in [1.54, 1.807) is 0 Å². The second kappa shape index (κ2) is 8.63. The number of nitrogens with zero attached hydrogens (tertiary/aromatic N) is 2. The van der Waals surface area contributed by atoms with E-state index in [0.717, 1.165) is 17.6 Å². The lowest BCUT2D eigenvalue weighted by atomic mass is 10.1. The topological polar surface area (TPSA) is 55.8 Å². The number of nitrogens with one attached hydrogen (secondary N) is 1. The molecule has 1 saturated heterocycles. The van der Waals surface area contributed by atoms with Crippen molar-refractivity contribution >= 4 is 62.2 Å². The highest BCUT2D eigenvalue weighted by atomic mass is 79.9. The van der Waals surface area contributed by atoms with E-state index in [1.807, 2.05) is 11.0 Å². The highest BCUT2D eigenvalue weighted by Gasteiger charge is 2.22. The van der Waals surface area contributed by atoms with Crippen molar-refractivity contribution in [3.8, 4) is 0 Å². The van der Waals surface area contributed by atoms with Crippen molar-refractivity contribution in [3.05, 3.63) is 56.8 Å². The zero-order valence-electron chi connectivity index (χ0n) is 15.0. The number of aromatic carboxylic acids is 1. The minimum Gasteiger partial charge on any atom is -0.478 e. The van der Waals surface area contributed by atoms with Crippen LogP contribution in [0.1, 0.15) is 15.9 Å². The van der Waals surface area contributed by atoms with Crippen LogP contribution in [0, 0.1) is 12.7 Å². The van der Waals surface area contributed by atoms with Crippen molar-refractivity contribution in [2.45, 2.75) is 6.92 Å². The number of thiocarbonyl (C=S) groups is 1. The number of hydrogen-bond donors (Lipinski definition) is 2. The van der Waals surface area contributed by atoms with E-state index in [1.165, 1.54) is 23.4 Å². The fraction of sp³-hybridized carbons (Fsp3) is 0.263. The molecule has 9 heteroatoms. The fourth-order valence-electron chi connectivity index (χ4n) is 3.13. The molecule has 2 N–H and O–H groups in total. The lowest BCUT2D eigenvalue weighted by molar-refractivity contribution is 0.0696. The predicted molar refractivity (Wildman–Crippen MR) is 117 cm³/mol. The molecular weight excluding hydrogens is 469 g/mol. The van der Waals surface area contributed by atoms with E-state index >= 15 is 0 Å². The van der Waals surface area contributed by atoms with Crippen LogP contribution in [0.4, 0.5) is 15.8 Å². The van der Waals surface area contributed by atoms with Crippen LogP contribution in [-0.4, -0.2) is 47.3 Å². The van der Waals surface area contributed by atoms with E-state index < -0.39 is 16.8 Å². The Kier molecular flexibility index (Phi) is 6.42. The van der Waals surface area contributed by atoms with Crippen LogP contribution in [-0.2, 0) is 0 Å². The average Bonchev–Trinajstić information content (AvgIpc) is 2.65. The summed E-state index contributed by atoms with van der Waals surface area (Å²) in [6, 6.07) is 8.79. The van der Waals surface area contributed by atoms with Gasteiger partial charge < -0.3 is 20.2 Å². The van der Waals surface area contributed by atoms with Crippen LogP contribution in [0.5, 0.6) is 0 Å². The van der Waals surface area contributed by atoms with Gasteiger partial charge in [-0.2, -0.15) is 0 Å². The molecule has 148 valence electrons. The third-order valence-electron chi connectivity index (χ3n) is 4.62. The highest BCUT2D eigenvalue weighted by molar-refractivity contribution is 9.10. The Morgan fingerprint density at radius 3 is 2.54 bits per heavy atom. The van der Waals surface area contributed by atoms with Crippen molar-refractivity contribution in [1.29, 1.82) is 0 Å². The Bertz CT molecular complexity index is 936. The predicted octanol–water partition coefficient (Wildman–Crippen LogP) is 4.77. The number of carboxylic acids is 1. The van der Waals surface area contributed by atoms with E-state index in [4.69, 9.17) is 28.9 Å². The average molecular weight is 487 g/mol. The molecule has 0 aromatic heterocycles. The molecule has 2 aromatic carbocycles. The number of hydrogen-bond acceptors (Lipinski definition) is 3. The molecule has 5 nitrogen and oxygen atoms in total.